The van der Waals surface area contributed by atoms with Crippen LogP contribution in [0.25, 0.3) is 0 Å². The SMILES string of the molecule is C=C(C=CC(=O)O)C(=O)OCC. The molecule has 0 unspecified atom stereocenters. The van der Waals surface area contributed by atoms with Crippen LogP contribution in [0.1, 0.15) is 6.92 Å². The fourth-order valence-electron chi connectivity index (χ4n) is 0.464. The van der Waals surface area contributed by atoms with E-state index in [4.69, 9.17) is 5.11 Å². The summed E-state index contributed by atoms with van der Waals surface area (Å²) in [7, 11) is 0. The van der Waals surface area contributed by atoms with Crippen molar-refractivity contribution in [3.05, 3.63) is 24.3 Å². The van der Waals surface area contributed by atoms with Crippen molar-refractivity contribution in [2.24, 2.45) is 0 Å². The minimum absolute atomic E-state index is 0.0271. The van der Waals surface area contributed by atoms with Gasteiger partial charge in [0.15, 0.2) is 0 Å². The molecule has 0 saturated carbocycles. The van der Waals surface area contributed by atoms with Gasteiger partial charge in [-0.1, -0.05) is 6.58 Å². The summed E-state index contributed by atoms with van der Waals surface area (Å²) in [5.41, 5.74) is 0.0271. The van der Waals surface area contributed by atoms with Crippen molar-refractivity contribution < 1.29 is 19.4 Å². The fourth-order valence-corrected chi connectivity index (χ4v) is 0.464. The average Bonchev–Trinajstić information content (AvgIpc) is 2.00. The van der Waals surface area contributed by atoms with E-state index in [1.165, 1.54) is 0 Å². The molecule has 0 radical (unpaired) electrons. The lowest BCUT2D eigenvalue weighted by Gasteiger charge is -1.98. The van der Waals surface area contributed by atoms with Gasteiger partial charge in [0.25, 0.3) is 0 Å². The molecule has 0 aliphatic heterocycles. The van der Waals surface area contributed by atoms with Crippen LogP contribution in [-0.2, 0) is 14.3 Å². The summed E-state index contributed by atoms with van der Waals surface area (Å²) in [4.78, 5) is 20.8. The van der Waals surface area contributed by atoms with Crippen LogP contribution in [0.4, 0.5) is 0 Å². The smallest absolute Gasteiger partial charge is 0.337 e. The number of carboxylic acids is 1. The van der Waals surface area contributed by atoms with Crippen LogP contribution in [0.3, 0.4) is 0 Å². The Balaban J connectivity index is 4.04. The first-order chi connectivity index (χ1) is 5.57. The van der Waals surface area contributed by atoms with E-state index in [-0.39, 0.29) is 12.2 Å². The third kappa shape index (κ3) is 4.27. The highest BCUT2D eigenvalue weighted by Crippen LogP contribution is 1.96. The molecule has 0 fully saturated rings. The minimum atomic E-state index is -1.12. The highest BCUT2D eigenvalue weighted by Gasteiger charge is 2.03. The van der Waals surface area contributed by atoms with Crippen LogP contribution in [0.15, 0.2) is 24.3 Å². The molecule has 0 heterocycles. The Hall–Kier alpha value is -1.58. The number of hydrogen-bond donors (Lipinski definition) is 1. The van der Waals surface area contributed by atoms with Gasteiger partial charge in [-0.2, -0.15) is 0 Å². The summed E-state index contributed by atoms with van der Waals surface area (Å²) in [6.07, 6.45) is 1.93. The lowest BCUT2D eigenvalue weighted by atomic mass is 10.3. The van der Waals surface area contributed by atoms with Crippen molar-refractivity contribution in [2.75, 3.05) is 6.61 Å². The fraction of sp³-hybridized carbons (Fsp3) is 0.250. The van der Waals surface area contributed by atoms with Crippen molar-refractivity contribution in [1.82, 2.24) is 0 Å². The molecule has 4 heteroatoms. The van der Waals surface area contributed by atoms with Gasteiger partial charge in [-0.15, -0.1) is 0 Å². The number of esters is 1. The molecule has 0 saturated heterocycles. The third-order valence-corrected chi connectivity index (χ3v) is 0.965. The Labute approximate surface area is 70.1 Å². The molecule has 1 N–H and O–H groups in total. The summed E-state index contributed by atoms with van der Waals surface area (Å²) in [6, 6.07) is 0. The van der Waals surface area contributed by atoms with Gasteiger partial charge in [0, 0.05) is 6.08 Å². The van der Waals surface area contributed by atoms with Gasteiger partial charge in [-0.05, 0) is 13.0 Å². The Morgan fingerprint density at radius 2 is 2.08 bits per heavy atom. The summed E-state index contributed by atoms with van der Waals surface area (Å²) in [5, 5.41) is 8.19. The van der Waals surface area contributed by atoms with E-state index in [1.54, 1.807) is 6.92 Å². The van der Waals surface area contributed by atoms with E-state index in [9.17, 15) is 9.59 Å². The van der Waals surface area contributed by atoms with Crippen LogP contribution < -0.4 is 0 Å². The molecule has 66 valence electrons. The zero-order chi connectivity index (χ0) is 9.56. The van der Waals surface area contributed by atoms with Crippen molar-refractivity contribution in [2.45, 2.75) is 6.92 Å². The lowest BCUT2D eigenvalue weighted by molar-refractivity contribution is -0.138. The number of rotatable bonds is 4. The van der Waals surface area contributed by atoms with Crippen LogP contribution in [0.2, 0.25) is 0 Å². The Bertz CT molecular complexity index is 227. The molecule has 0 aliphatic carbocycles. The van der Waals surface area contributed by atoms with Gasteiger partial charge in [-0.3, -0.25) is 0 Å². The molecule has 0 atom stereocenters. The number of carboxylic acid groups (broad SMARTS) is 1. The largest absolute Gasteiger partial charge is 0.478 e. The second kappa shape index (κ2) is 5.12. The minimum Gasteiger partial charge on any atom is -0.478 e. The molecular weight excluding hydrogens is 160 g/mol. The first-order valence-corrected chi connectivity index (χ1v) is 3.35. The second-order valence-corrected chi connectivity index (χ2v) is 1.92. The molecule has 4 nitrogen and oxygen atoms in total. The van der Waals surface area contributed by atoms with Gasteiger partial charge in [-0.25, -0.2) is 9.59 Å². The average molecular weight is 170 g/mol. The zero-order valence-corrected chi connectivity index (χ0v) is 6.74. The zero-order valence-electron chi connectivity index (χ0n) is 6.74. The van der Waals surface area contributed by atoms with Crippen LogP contribution in [0.5, 0.6) is 0 Å². The maximum Gasteiger partial charge on any atom is 0.337 e. The normalized spacial score (nSPS) is 9.75. The van der Waals surface area contributed by atoms with Crippen LogP contribution >= 0.6 is 0 Å². The molecule has 0 aromatic heterocycles. The molecule has 12 heavy (non-hydrogen) atoms. The van der Waals surface area contributed by atoms with Gasteiger partial charge in [0.05, 0.1) is 12.2 Å². The molecule has 0 amide bonds. The Morgan fingerprint density at radius 1 is 1.50 bits per heavy atom. The number of ether oxygens (including phenoxy) is 1. The van der Waals surface area contributed by atoms with Gasteiger partial charge >= 0.3 is 11.9 Å². The van der Waals surface area contributed by atoms with Gasteiger partial charge in [0.1, 0.15) is 0 Å². The van der Waals surface area contributed by atoms with E-state index in [1.807, 2.05) is 0 Å². The molecule has 0 rings (SSSR count). The van der Waals surface area contributed by atoms with Crippen molar-refractivity contribution in [3.63, 3.8) is 0 Å². The second-order valence-electron chi connectivity index (χ2n) is 1.92. The Kier molecular flexibility index (Phi) is 4.45. The van der Waals surface area contributed by atoms with Crippen molar-refractivity contribution in [3.8, 4) is 0 Å². The standard InChI is InChI=1S/C8H10O4/c1-3-12-8(11)6(2)4-5-7(9)10/h4-5H,2-3H2,1H3,(H,9,10). The van der Waals surface area contributed by atoms with E-state index < -0.39 is 11.9 Å². The highest BCUT2D eigenvalue weighted by molar-refractivity contribution is 5.93. The molecule has 0 aliphatic rings. The molecule has 0 aromatic rings. The van der Waals surface area contributed by atoms with Gasteiger partial charge < -0.3 is 9.84 Å². The summed E-state index contributed by atoms with van der Waals surface area (Å²) in [6.45, 7) is 5.23. The number of hydrogen-bond acceptors (Lipinski definition) is 3. The summed E-state index contributed by atoms with van der Waals surface area (Å²) in [5.74, 6) is -1.73. The molecule has 0 spiro atoms. The van der Waals surface area contributed by atoms with E-state index in [2.05, 4.69) is 11.3 Å². The molecule has 0 aromatic carbocycles. The van der Waals surface area contributed by atoms with E-state index in [0.717, 1.165) is 12.2 Å². The van der Waals surface area contributed by atoms with Crippen molar-refractivity contribution >= 4 is 11.9 Å². The first-order valence-electron chi connectivity index (χ1n) is 3.35. The topological polar surface area (TPSA) is 63.6 Å². The quantitative estimate of drug-likeness (QED) is 0.384. The first kappa shape index (κ1) is 10.4. The predicted octanol–water partition coefficient (Wildman–Crippen LogP) is 0.746. The monoisotopic (exact) mass is 170 g/mol. The number of carbonyl (C=O) groups excluding carboxylic acids is 1. The van der Waals surface area contributed by atoms with Crippen LogP contribution in [-0.4, -0.2) is 23.7 Å². The maximum absolute atomic E-state index is 10.8. The predicted molar refractivity (Wildman–Crippen MR) is 42.5 cm³/mol. The van der Waals surface area contributed by atoms with E-state index >= 15 is 0 Å². The van der Waals surface area contributed by atoms with Crippen molar-refractivity contribution in [1.29, 1.82) is 0 Å². The van der Waals surface area contributed by atoms with Gasteiger partial charge in [0.2, 0.25) is 0 Å². The third-order valence-electron chi connectivity index (χ3n) is 0.965. The molecular formula is C8H10O4. The number of carbonyl (C=O) groups is 2. The van der Waals surface area contributed by atoms with Crippen LogP contribution in [0, 0.1) is 0 Å². The maximum atomic E-state index is 10.8. The Morgan fingerprint density at radius 3 is 2.50 bits per heavy atom. The highest BCUT2D eigenvalue weighted by atomic mass is 16.5. The number of aliphatic carboxylic acids is 1. The molecule has 0 bridgehead atoms. The summed E-state index contributed by atoms with van der Waals surface area (Å²) >= 11 is 0. The summed E-state index contributed by atoms with van der Waals surface area (Å²) < 4.78 is 4.55. The van der Waals surface area contributed by atoms with E-state index in [0.29, 0.717) is 0 Å². The lowest BCUT2D eigenvalue weighted by Crippen LogP contribution is -2.05.